The zero-order valence-electron chi connectivity index (χ0n) is 28.9. The summed E-state index contributed by atoms with van der Waals surface area (Å²) >= 11 is 0. The van der Waals surface area contributed by atoms with Crippen molar-refractivity contribution in [3.8, 4) is 11.5 Å². The van der Waals surface area contributed by atoms with E-state index in [1.54, 1.807) is 48.5 Å². The van der Waals surface area contributed by atoms with Gasteiger partial charge in [0.1, 0.15) is 11.5 Å². The maximum absolute atomic E-state index is 15.3. The number of phenols is 1. The molecule has 2 N–H and O–H groups in total. The molecule has 10 heteroatoms. The smallest absolute Gasteiger partial charge is 0.260 e. The van der Waals surface area contributed by atoms with Crippen LogP contribution in [0.4, 0.5) is 11.4 Å². The largest absolute Gasteiger partial charge is 0.508 e. The molecule has 4 aliphatic rings. The lowest BCUT2D eigenvalue weighted by molar-refractivity contribution is -0.138. The van der Waals surface area contributed by atoms with Crippen LogP contribution in [-0.2, 0) is 24.6 Å². The molecule has 1 saturated carbocycles. The van der Waals surface area contributed by atoms with Gasteiger partial charge < -0.3 is 9.84 Å². The summed E-state index contributed by atoms with van der Waals surface area (Å²) in [5.74, 6) is -5.44. The van der Waals surface area contributed by atoms with Gasteiger partial charge in [0.2, 0.25) is 11.8 Å². The van der Waals surface area contributed by atoms with Crippen LogP contribution in [-0.4, -0.2) is 46.6 Å². The number of carbonyl (C=O) groups is 5. The van der Waals surface area contributed by atoms with Crippen LogP contribution in [0.2, 0.25) is 0 Å². The van der Waals surface area contributed by atoms with E-state index < -0.39 is 52.7 Å². The zero-order valence-corrected chi connectivity index (χ0v) is 28.9. The van der Waals surface area contributed by atoms with Crippen LogP contribution in [0.1, 0.15) is 52.7 Å². The Kier molecular flexibility index (Phi) is 7.86. The molecule has 10 nitrogen and oxygen atoms in total. The zero-order chi connectivity index (χ0) is 36.5. The van der Waals surface area contributed by atoms with Gasteiger partial charge in [-0.1, -0.05) is 59.7 Å². The number of hydrazine groups is 1. The van der Waals surface area contributed by atoms with Gasteiger partial charge >= 0.3 is 0 Å². The van der Waals surface area contributed by atoms with Crippen molar-refractivity contribution in [2.45, 2.75) is 38.0 Å². The lowest BCUT2D eigenvalue weighted by Crippen LogP contribution is -2.53. The van der Waals surface area contributed by atoms with Gasteiger partial charge in [-0.3, -0.25) is 34.3 Å². The van der Waals surface area contributed by atoms with Crippen molar-refractivity contribution in [1.82, 2.24) is 5.01 Å². The highest BCUT2D eigenvalue weighted by molar-refractivity contribution is 6.22. The Morgan fingerprint density at radius 2 is 1.58 bits per heavy atom. The van der Waals surface area contributed by atoms with Gasteiger partial charge in [-0.2, -0.15) is 5.01 Å². The number of Topliss-reactive ketones (excluding diaryl/α,β-unsaturated/α-hetero) is 1. The van der Waals surface area contributed by atoms with E-state index in [9.17, 15) is 24.3 Å². The Morgan fingerprint density at radius 3 is 2.25 bits per heavy atom. The van der Waals surface area contributed by atoms with Crippen molar-refractivity contribution >= 4 is 40.8 Å². The molecule has 6 atom stereocenters. The predicted molar refractivity (Wildman–Crippen MR) is 192 cm³/mol. The molecule has 4 aromatic rings. The second-order valence-corrected chi connectivity index (χ2v) is 14.1. The predicted octanol–water partition coefficient (Wildman–Crippen LogP) is 6.10. The van der Waals surface area contributed by atoms with Gasteiger partial charge in [0.05, 0.1) is 41.7 Å². The normalized spacial score (nSPS) is 26.4. The Labute approximate surface area is 300 Å². The van der Waals surface area contributed by atoms with Gasteiger partial charge in [0.15, 0.2) is 5.78 Å². The Bertz CT molecular complexity index is 2180. The fourth-order valence-electron chi connectivity index (χ4n) is 9.08. The Hall–Kier alpha value is -6.03. The van der Waals surface area contributed by atoms with Crippen LogP contribution < -0.4 is 15.1 Å². The van der Waals surface area contributed by atoms with E-state index in [1.165, 1.54) is 25.0 Å². The quantitative estimate of drug-likeness (QED) is 0.135. The first-order valence-electron chi connectivity index (χ1n) is 17.4. The molecule has 2 heterocycles. The number of carbonyl (C=O) groups excluding carboxylic acids is 5. The molecule has 0 bridgehead atoms. The molecule has 3 fully saturated rings. The van der Waals surface area contributed by atoms with E-state index >= 15 is 4.79 Å². The van der Waals surface area contributed by atoms with Crippen LogP contribution in [0.15, 0.2) is 109 Å². The van der Waals surface area contributed by atoms with E-state index in [0.29, 0.717) is 33.8 Å². The number of amides is 4. The molecule has 2 saturated heterocycles. The number of fused-ring (bicyclic) bond motifs is 4. The molecule has 0 unspecified atom stereocenters. The van der Waals surface area contributed by atoms with E-state index in [-0.39, 0.29) is 30.3 Å². The third kappa shape index (κ3) is 4.81. The van der Waals surface area contributed by atoms with Crippen LogP contribution in [0, 0.1) is 30.6 Å². The van der Waals surface area contributed by atoms with Gasteiger partial charge in [0, 0.05) is 17.0 Å². The van der Waals surface area contributed by atoms with Gasteiger partial charge in [-0.05, 0) is 92.8 Å². The second kappa shape index (κ2) is 12.3. The SMILES string of the molecule is COc1ccc(O)c([C@H]2C3=CC[C@@H]4C(=O)N(c5ccc(C(C)=O)cc5)C(=O)[C@@H]4[C@@H]3C[C@H]3C(=O)N(Nc4ccc(C)cc4)C(=O)[C@@]23c2ccccc2)c1. The average Bonchev–Trinajstić information content (AvgIpc) is 3.54. The van der Waals surface area contributed by atoms with Crippen molar-refractivity contribution in [2.75, 3.05) is 17.4 Å². The van der Waals surface area contributed by atoms with E-state index in [0.717, 1.165) is 16.1 Å². The third-order valence-electron chi connectivity index (χ3n) is 11.5. The highest BCUT2D eigenvalue weighted by Gasteiger charge is 2.70. The number of aryl methyl sites for hydroxylation is 1. The number of phenolic OH excluding ortho intramolecular Hbond substituents is 1. The molecule has 0 spiro atoms. The van der Waals surface area contributed by atoms with Gasteiger partial charge in [-0.15, -0.1) is 0 Å². The van der Waals surface area contributed by atoms with Crippen molar-refractivity contribution in [1.29, 1.82) is 0 Å². The molecule has 262 valence electrons. The number of anilines is 2. The lowest BCUT2D eigenvalue weighted by Gasteiger charge is -2.50. The number of nitrogens with zero attached hydrogens (tertiary/aromatic N) is 2. The van der Waals surface area contributed by atoms with Crippen molar-refractivity contribution < 1.29 is 33.8 Å². The number of methoxy groups -OCH3 is 1. The highest BCUT2D eigenvalue weighted by atomic mass is 16.5. The fraction of sp³-hybridized carbons (Fsp3) is 0.262. The Balaban J connectivity index is 1.31. The summed E-state index contributed by atoms with van der Waals surface area (Å²) in [6.07, 6.45) is 2.29. The summed E-state index contributed by atoms with van der Waals surface area (Å²) in [4.78, 5) is 71.8. The number of rotatable bonds is 7. The topological polar surface area (TPSA) is 133 Å². The van der Waals surface area contributed by atoms with E-state index in [1.807, 2.05) is 55.5 Å². The maximum Gasteiger partial charge on any atom is 0.260 e. The maximum atomic E-state index is 15.3. The number of ketones is 1. The minimum Gasteiger partial charge on any atom is -0.508 e. The molecule has 52 heavy (non-hydrogen) atoms. The second-order valence-electron chi connectivity index (χ2n) is 14.1. The third-order valence-corrected chi connectivity index (χ3v) is 11.5. The average molecular weight is 696 g/mol. The summed E-state index contributed by atoms with van der Waals surface area (Å²) in [5.41, 5.74) is 5.66. The number of ether oxygens (including phenoxy) is 1. The number of nitrogens with one attached hydrogen (secondary N) is 1. The first-order chi connectivity index (χ1) is 25.1. The summed E-state index contributed by atoms with van der Waals surface area (Å²) in [5, 5.41) is 12.7. The standard InChI is InChI=1S/C42H37N3O7/c1-23-9-13-27(14-10-23)43-45-39(49)34-22-32-30(18-19-31-36(32)40(50)44(38(31)48)28-15-11-25(12-16-28)24(2)46)37(33-21-29(52-3)17-20-35(33)47)42(34,41(45)51)26-7-5-4-6-8-26/h4-18,20-21,31-32,34,36-37,43,47H,19,22H2,1-3H3/t31-,32+,34-,36-,37+,42+/m0/s1. The number of allylic oxidation sites excluding steroid dienone is 2. The van der Waals surface area contributed by atoms with Gasteiger partial charge in [-0.25, -0.2) is 0 Å². The molecule has 2 aliphatic heterocycles. The van der Waals surface area contributed by atoms with Crippen LogP contribution in [0.3, 0.4) is 0 Å². The fourth-order valence-corrected chi connectivity index (χ4v) is 9.08. The van der Waals surface area contributed by atoms with Crippen molar-refractivity contribution in [3.63, 3.8) is 0 Å². The molecular formula is C42H37N3O7. The lowest BCUT2D eigenvalue weighted by atomic mass is 9.49. The minimum atomic E-state index is -1.52. The number of hydrogen-bond donors (Lipinski definition) is 2. The van der Waals surface area contributed by atoms with Crippen molar-refractivity contribution in [3.05, 3.63) is 131 Å². The van der Waals surface area contributed by atoms with Crippen molar-refractivity contribution in [2.24, 2.45) is 23.7 Å². The molecule has 4 amide bonds. The van der Waals surface area contributed by atoms with E-state index in [2.05, 4.69) is 5.43 Å². The molecular weight excluding hydrogens is 658 g/mol. The van der Waals surface area contributed by atoms with Crippen LogP contribution >= 0.6 is 0 Å². The number of imide groups is 2. The summed E-state index contributed by atoms with van der Waals surface area (Å²) in [6.45, 7) is 3.39. The number of benzene rings is 4. The summed E-state index contributed by atoms with van der Waals surface area (Å²) < 4.78 is 5.60. The summed E-state index contributed by atoms with van der Waals surface area (Å²) in [6, 6.07) is 27.7. The molecule has 8 rings (SSSR count). The molecule has 4 aromatic carbocycles. The Morgan fingerprint density at radius 1 is 0.865 bits per heavy atom. The number of aromatic hydroxyl groups is 1. The first kappa shape index (κ1) is 33.1. The first-order valence-corrected chi connectivity index (χ1v) is 17.4. The van der Waals surface area contributed by atoms with Crippen LogP contribution in [0.5, 0.6) is 11.5 Å². The van der Waals surface area contributed by atoms with Crippen LogP contribution in [0.25, 0.3) is 0 Å². The van der Waals surface area contributed by atoms with Gasteiger partial charge in [0.25, 0.3) is 11.8 Å². The summed E-state index contributed by atoms with van der Waals surface area (Å²) in [7, 11) is 1.51. The molecule has 0 radical (unpaired) electrons. The molecule has 0 aromatic heterocycles. The highest BCUT2D eigenvalue weighted by Crippen LogP contribution is 2.65. The van der Waals surface area contributed by atoms with E-state index in [4.69, 9.17) is 4.74 Å². The molecule has 2 aliphatic carbocycles. The number of hydrogen-bond acceptors (Lipinski definition) is 8. The monoisotopic (exact) mass is 695 g/mol. The minimum absolute atomic E-state index is 0.0882.